The molecule has 1 rings (SSSR count). The van der Waals surface area contributed by atoms with E-state index in [2.05, 4.69) is 4.85 Å². The molecule has 0 spiro atoms. The first kappa shape index (κ1) is 14.4. The highest BCUT2D eigenvalue weighted by Crippen LogP contribution is 2.27. The van der Waals surface area contributed by atoms with E-state index in [1.54, 1.807) is 18.2 Å². The molecule has 66 valence electrons. The predicted octanol–water partition coefficient (Wildman–Crippen LogP) is 1.01. The van der Waals surface area contributed by atoms with Crippen LogP contribution in [0.1, 0.15) is 0 Å². The molecule has 0 bridgehead atoms. The van der Waals surface area contributed by atoms with Gasteiger partial charge in [0.05, 0.1) is 0 Å². The summed E-state index contributed by atoms with van der Waals surface area (Å²) in [5.74, 6) is 0. The molecule has 0 heterocycles. The lowest BCUT2D eigenvalue weighted by Gasteiger charge is -1.86. The van der Waals surface area contributed by atoms with Crippen molar-refractivity contribution < 1.29 is 12.4 Å². The zero-order chi connectivity index (χ0) is 7.56. The molecule has 12 heavy (non-hydrogen) atoms. The third kappa shape index (κ3) is 3.51. The van der Waals surface area contributed by atoms with Gasteiger partial charge in [-0.05, 0) is 17.0 Å². The Morgan fingerprint density at radius 3 is 2.25 bits per heavy atom. The average molecular weight is 245 g/mol. The molecule has 0 aromatic heterocycles. The third-order valence-electron chi connectivity index (χ3n) is 1.05. The maximum absolute atomic E-state index is 5.67. The lowest BCUT2D eigenvalue weighted by Crippen LogP contribution is -3.00. The first-order valence-corrected chi connectivity index (χ1v) is 3.35. The number of benzene rings is 1. The van der Waals surface area contributed by atoms with Gasteiger partial charge in [0.1, 0.15) is 5.02 Å². The van der Waals surface area contributed by atoms with E-state index >= 15 is 0 Å². The first-order valence-electron chi connectivity index (χ1n) is 2.60. The normalized spacial score (nSPS) is 7.42. The summed E-state index contributed by atoms with van der Waals surface area (Å²) in [6, 6.07) is 4.93. The largest absolute Gasteiger partial charge is 1.00 e. The van der Waals surface area contributed by atoms with E-state index in [1.807, 2.05) is 0 Å². The highest BCUT2D eigenvalue weighted by molar-refractivity contribution is 6.36. The molecule has 0 aliphatic rings. The minimum Gasteiger partial charge on any atom is -1.00 e. The summed E-state index contributed by atoms with van der Waals surface area (Å²) in [5.41, 5.74) is 0.547. The summed E-state index contributed by atoms with van der Waals surface area (Å²) in [7, 11) is 0. The first-order chi connectivity index (χ1) is 4.74. The molecule has 0 fully saturated rings. The Hall–Kier alpha value is -0.130. The van der Waals surface area contributed by atoms with Crippen LogP contribution in [-0.2, 0) is 0 Å². The quantitative estimate of drug-likeness (QED) is 0.642. The fraction of sp³-hybridized carbons (Fsp3) is 0. The Bertz CT molecular complexity index is 292. The second-order valence-electron chi connectivity index (χ2n) is 1.72. The van der Waals surface area contributed by atoms with Crippen molar-refractivity contribution in [3.63, 3.8) is 0 Å². The number of hydrogen-bond acceptors (Lipinski definition) is 0. The van der Waals surface area contributed by atoms with Gasteiger partial charge >= 0.3 is 5.69 Å². The molecule has 1 aromatic carbocycles. The van der Waals surface area contributed by atoms with Gasteiger partial charge in [0.25, 0.3) is 6.57 Å². The van der Waals surface area contributed by atoms with Gasteiger partial charge in [-0.3, -0.25) is 0 Å². The van der Waals surface area contributed by atoms with Crippen LogP contribution in [0.3, 0.4) is 0 Å². The molecule has 0 aliphatic carbocycles. The van der Waals surface area contributed by atoms with E-state index in [4.69, 9.17) is 29.8 Å². The molecule has 0 aliphatic heterocycles. The van der Waals surface area contributed by atoms with Crippen molar-refractivity contribution in [1.82, 2.24) is 0 Å². The van der Waals surface area contributed by atoms with Gasteiger partial charge in [-0.15, -0.1) is 12.4 Å². The number of nitrogens with zero attached hydrogens (tertiary/aromatic N) is 1. The van der Waals surface area contributed by atoms with Crippen LogP contribution in [-0.4, -0.2) is 0 Å². The van der Waals surface area contributed by atoms with Crippen molar-refractivity contribution in [1.29, 1.82) is 0 Å². The van der Waals surface area contributed by atoms with Crippen molar-refractivity contribution in [3.8, 4) is 6.57 Å². The summed E-state index contributed by atoms with van der Waals surface area (Å²) >= 11 is 11.3. The topological polar surface area (TPSA) is 4.36 Å². The van der Waals surface area contributed by atoms with E-state index < -0.39 is 0 Å². The fourth-order valence-corrected chi connectivity index (χ4v) is 1.04. The summed E-state index contributed by atoms with van der Waals surface area (Å²) in [4.78, 5) is 3.42. The minimum absolute atomic E-state index is 0. The molecule has 0 amide bonds. The van der Waals surface area contributed by atoms with Crippen molar-refractivity contribution in [2.24, 2.45) is 0 Å². The lowest BCUT2D eigenvalue weighted by atomic mass is 10.3. The zero-order valence-electron chi connectivity index (χ0n) is 5.80. The predicted molar refractivity (Wildman–Crippen MR) is 51.7 cm³/mol. The second kappa shape index (κ2) is 6.39. The van der Waals surface area contributed by atoms with Crippen LogP contribution in [0.2, 0.25) is 10.0 Å². The Morgan fingerprint density at radius 2 is 1.83 bits per heavy atom. The average Bonchev–Trinajstić information content (AvgIpc) is 1.88. The van der Waals surface area contributed by atoms with E-state index in [-0.39, 0.29) is 24.8 Å². The molecular weight excluding hydrogens is 240 g/mol. The Labute approximate surface area is 93.3 Å². The van der Waals surface area contributed by atoms with Gasteiger partial charge in [-0.1, -0.05) is 23.2 Å². The molecule has 0 radical (unpaired) electrons. The van der Waals surface area contributed by atoms with Gasteiger partial charge < -0.3 is 12.4 Å². The standard InChI is InChI=1S/C7H4Cl2N.2ClH/c1-10-7-3-2-5(8)4-6(7)9;;/h1-4H;2*1H/q+1;;/p-1. The van der Waals surface area contributed by atoms with Crippen LogP contribution < -0.4 is 12.4 Å². The highest BCUT2D eigenvalue weighted by Gasteiger charge is 2.06. The lowest BCUT2D eigenvalue weighted by molar-refractivity contribution is -0.00000198. The number of hydrogen-bond donors (Lipinski definition) is 0. The van der Waals surface area contributed by atoms with Crippen LogP contribution in [0.4, 0.5) is 5.69 Å². The molecule has 0 saturated carbocycles. The van der Waals surface area contributed by atoms with Gasteiger partial charge in [-0.25, -0.2) is 0 Å². The molecule has 1 aromatic rings. The van der Waals surface area contributed by atoms with Crippen LogP contribution >= 0.6 is 35.6 Å². The van der Waals surface area contributed by atoms with Crippen LogP contribution in [0.15, 0.2) is 18.2 Å². The van der Waals surface area contributed by atoms with Gasteiger partial charge in [0, 0.05) is 11.1 Å². The van der Waals surface area contributed by atoms with Crippen LogP contribution in [0.25, 0.3) is 4.85 Å². The summed E-state index contributed by atoms with van der Waals surface area (Å²) in [6.07, 6.45) is 0. The van der Waals surface area contributed by atoms with E-state index in [1.165, 1.54) is 0 Å². The van der Waals surface area contributed by atoms with E-state index in [9.17, 15) is 0 Å². The molecule has 0 unspecified atom stereocenters. The SMILES string of the molecule is C#[N+]c1ccc(Cl)cc1Cl.Cl.[Cl-]. The summed E-state index contributed by atoms with van der Waals surface area (Å²) in [5, 5.41) is 1.05. The summed E-state index contributed by atoms with van der Waals surface area (Å²) in [6.45, 7) is 5.00. The highest BCUT2D eigenvalue weighted by atomic mass is 35.5. The Balaban J connectivity index is 0. The van der Waals surface area contributed by atoms with Crippen molar-refractivity contribution in [2.45, 2.75) is 0 Å². The van der Waals surface area contributed by atoms with Gasteiger partial charge in [0.15, 0.2) is 0 Å². The monoisotopic (exact) mass is 243 g/mol. The molecule has 0 atom stereocenters. The van der Waals surface area contributed by atoms with Crippen molar-refractivity contribution in [2.75, 3.05) is 0 Å². The maximum Gasteiger partial charge on any atom is 0.358 e. The van der Waals surface area contributed by atoms with Gasteiger partial charge in [0.2, 0.25) is 0 Å². The summed E-state index contributed by atoms with van der Waals surface area (Å²) < 4.78 is 0. The second-order valence-corrected chi connectivity index (χ2v) is 2.57. The van der Waals surface area contributed by atoms with Crippen molar-refractivity contribution >= 4 is 41.3 Å². The third-order valence-corrected chi connectivity index (χ3v) is 1.59. The molecule has 1 nitrogen and oxygen atoms in total. The smallest absolute Gasteiger partial charge is 0.358 e. The van der Waals surface area contributed by atoms with Crippen LogP contribution in [0, 0.1) is 6.57 Å². The maximum atomic E-state index is 5.67. The van der Waals surface area contributed by atoms with Crippen molar-refractivity contribution in [3.05, 3.63) is 33.1 Å². The molecular formula is C7H5Cl4N. The number of rotatable bonds is 0. The molecule has 0 saturated heterocycles. The van der Waals surface area contributed by atoms with Gasteiger partial charge in [-0.2, -0.15) is 0 Å². The van der Waals surface area contributed by atoms with Crippen LogP contribution in [0.5, 0.6) is 0 Å². The minimum atomic E-state index is 0. The fourth-order valence-electron chi connectivity index (χ4n) is 0.586. The van der Waals surface area contributed by atoms with E-state index in [0.29, 0.717) is 15.7 Å². The molecule has 5 heteroatoms. The Morgan fingerprint density at radius 1 is 1.25 bits per heavy atom. The Kier molecular flexibility index (Phi) is 7.67. The number of halogens is 4. The molecule has 0 N–H and O–H groups in total. The van der Waals surface area contributed by atoms with E-state index in [0.717, 1.165) is 0 Å². The zero-order valence-corrected chi connectivity index (χ0v) is 8.88.